The molecule has 3 aromatic rings. The van der Waals surface area contributed by atoms with Crippen LogP contribution in [-0.2, 0) is 11.3 Å². The first kappa shape index (κ1) is 19.2. The third-order valence-electron chi connectivity index (χ3n) is 4.59. The first-order valence-electron chi connectivity index (χ1n) is 9.07. The summed E-state index contributed by atoms with van der Waals surface area (Å²) in [6, 6.07) is 15.7. The summed E-state index contributed by atoms with van der Waals surface area (Å²) in [5, 5.41) is 21.3. The Morgan fingerprint density at radius 1 is 1.11 bits per heavy atom. The van der Waals surface area contributed by atoms with E-state index in [4.69, 9.17) is 5.26 Å². The van der Waals surface area contributed by atoms with Gasteiger partial charge in [0.25, 0.3) is 5.91 Å². The number of benzene rings is 2. The maximum atomic E-state index is 12.9. The van der Waals surface area contributed by atoms with E-state index in [1.54, 1.807) is 4.90 Å². The number of rotatable bonds is 6. The van der Waals surface area contributed by atoms with Crippen molar-refractivity contribution in [3.05, 3.63) is 59.2 Å². The molecule has 7 nitrogen and oxygen atoms in total. The van der Waals surface area contributed by atoms with Gasteiger partial charge in [0.2, 0.25) is 5.82 Å². The van der Waals surface area contributed by atoms with Crippen LogP contribution in [0.1, 0.15) is 23.1 Å². The summed E-state index contributed by atoms with van der Waals surface area (Å²) in [6.07, 6.45) is 0.248. The molecule has 0 radical (unpaired) electrons. The molecule has 0 saturated heterocycles. The van der Waals surface area contributed by atoms with Crippen LogP contribution in [-0.4, -0.2) is 32.7 Å². The highest BCUT2D eigenvalue weighted by Gasteiger charge is 2.18. The number of nitrogens with zero attached hydrogens (tertiary/aromatic N) is 6. The molecule has 0 bridgehead atoms. The largest absolute Gasteiger partial charge is 0.310 e. The smallest absolute Gasteiger partial charge is 0.250 e. The average Bonchev–Trinajstić information content (AvgIpc) is 3.14. The fourth-order valence-corrected chi connectivity index (χ4v) is 2.79. The number of carbonyl (C=O) groups excluding carboxylic acids is 1. The Hall–Kier alpha value is -3.53. The predicted molar refractivity (Wildman–Crippen MR) is 106 cm³/mol. The zero-order chi connectivity index (χ0) is 20.1. The van der Waals surface area contributed by atoms with Crippen molar-refractivity contribution in [3.8, 4) is 17.5 Å². The first-order valence-corrected chi connectivity index (χ1v) is 9.07. The molecule has 142 valence electrons. The van der Waals surface area contributed by atoms with Crippen molar-refractivity contribution >= 4 is 11.6 Å². The molecule has 3 rings (SSSR count). The summed E-state index contributed by atoms with van der Waals surface area (Å²) in [5.41, 5.74) is 5.00. The van der Waals surface area contributed by atoms with Crippen molar-refractivity contribution in [1.29, 1.82) is 5.26 Å². The molecule has 1 amide bonds. The van der Waals surface area contributed by atoms with Gasteiger partial charge in [-0.05, 0) is 49.2 Å². The van der Waals surface area contributed by atoms with Crippen LogP contribution >= 0.6 is 0 Å². The minimum Gasteiger partial charge on any atom is -0.310 e. The summed E-state index contributed by atoms with van der Waals surface area (Å²) in [4.78, 5) is 15.8. The lowest BCUT2D eigenvalue weighted by Gasteiger charge is -2.22. The summed E-state index contributed by atoms with van der Waals surface area (Å²) in [6.45, 7) is 6.30. The summed E-state index contributed by atoms with van der Waals surface area (Å²) < 4.78 is 0. The normalized spacial score (nSPS) is 10.5. The zero-order valence-corrected chi connectivity index (χ0v) is 16.3. The third kappa shape index (κ3) is 4.41. The summed E-state index contributed by atoms with van der Waals surface area (Å²) in [5.74, 6) is 0.286. The van der Waals surface area contributed by atoms with E-state index in [0.29, 0.717) is 12.4 Å². The van der Waals surface area contributed by atoms with Gasteiger partial charge in [-0.15, -0.1) is 10.2 Å². The SMILES string of the molecule is Cc1ccc(-c2nnn(CC(=O)N(CCC#N)c3ccc(C)c(C)c3)n2)cc1. The van der Waals surface area contributed by atoms with Gasteiger partial charge in [-0.2, -0.15) is 10.1 Å². The van der Waals surface area contributed by atoms with E-state index >= 15 is 0 Å². The van der Waals surface area contributed by atoms with Gasteiger partial charge < -0.3 is 4.90 Å². The van der Waals surface area contributed by atoms with Crippen molar-refractivity contribution < 1.29 is 4.79 Å². The highest BCUT2D eigenvalue weighted by Crippen LogP contribution is 2.20. The fourth-order valence-electron chi connectivity index (χ4n) is 2.79. The Morgan fingerprint density at radius 3 is 2.54 bits per heavy atom. The van der Waals surface area contributed by atoms with Crippen molar-refractivity contribution in [3.63, 3.8) is 0 Å². The highest BCUT2D eigenvalue weighted by atomic mass is 16.2. The topological polar surface area (TPSA) is 87.7 Å². The van der Waals surface area contributed by atoms with E-state index in [0.717, 1.165) is 27.9 Å². The van der Waals surface area contributed by atoms with Crippen LogP contribution in [0.15, 0.2) is 42.5 Å². The number of amides is 1. The van der Waals surface area contributed by atoms with E-state index in [-0.39, 0.29) is 18.9 Å². The van der Waals surface area contributed by atoms with Gasteiger partial charge in [-0.1, -0.05) is 35.9 Å². The molecule has 1 aromatic heterocycles. The number of tetrazole rings is 1. The van der Waals surface area contributed by atoms with Crippen molar-refractivity contribution in [2.75, 3.05) is 11.4 Å². The van der Waals surface area contributed by atoms with Crippen LogP contribution < -0.4 is 4.90 Å². The average molecular weight is 374 g/mol. The van der Waals surface area contributed by atoms with E-state index in [9.17, 15) is 4.79 Å². The monoisotopic (exact) mass is 374 g/mol. The number of nitriles is 1. The number of hydrogen-bond donors (Lipinski definition) is 0. The lowest BCUT2D eigenvalue weighted by Crippen LogP contribution is -2.35. The number of aromatic nitrogens is 4. The molecule has 0 aliphatic carbocycles. The molecule has 0 unspecified atom stereocenters. The highest BCUT2D eigenvalue weighted by molar-refractivity contribution is 5.93. The Kier molecular flexibility index (Phi) is 5.80. The molecule has 28 heavy (non-hydrogen) atoms. The van der Waals surface area contributed by atoms with E-state index < -0.39 is 0 Å². The molecule has 0 spiro atoms. The number of aryl methyl sites for hydroxylation is 3. The first-order chi connectivity index (χ1) is 13.5. The lowest BCUT2D eigenvalue weighted by atomic mass is 10.1. The van der Waals surface area contributed by atoms with Crippen LogP contribution in [0, 0.1) is 32.1 Å². The second kappa shape index (κ2) is 8.44. The van der Waals surface area contributed by atoms with E-state index in [1.165, 1.54) is 4.80 Å². The number of carbonyl (C=O) groups is 1. The van der Waals surface area contributed by atoms with Crippen LogP contribution in [0.5, 0.6) is 0 Å². The predicted octanol–water partition coefficient (Wildman–Crippen LogP) is 3.21. The molecule has 0 atom stereocenters. The van der Waals surface area contributed by atoms with Crippen LogP contribution in [0.25, 0.3) is 11.4 Å². The van der Waals surface area contributed by atoms with Gasteiger partial charge in [0.1, 0.15) is 6.54 Å². The quantitative estimate of drug-likeness (QED) is 0.661. The van der Waals surface area contributed by atoms with E-state index in [1.807, 2.05) is 63.2 Å². The van der Waals surface area contributed by atoms with E-state index in [2.05, 4.69) is 21.5 Å². The van der Waals surface area contributed by atoms with Gasteiger partial charge >= 0.3 is 0 Å². The van der Waals surface area contributed by atoms with Crippen LogP contribution in [0.2, 0.25) is 0 Å². The Labute approximate surface area is 164 Å². The minimum atomic E-state index is -0.189. The van der Waals surface area contributed by atoms with Crippen molar-refractivity contribution in [1.82, 2.24) is 20.2 Å². The minimum absolute atomic E-state index is 0.0444. The molecule has 1 heterocycles. The lowest BCUT2D eigenvalue weighted by molar-refractivity contribution is -0.119. The molecular formula is C21H22N6O. The molecule has 0 saturated carbocycles. The maximum Gasteiger partial charge on any atom is 0.250 e. The van der Waals surface area contributed by atoms with Gasteiger partial charge in [-0.25, -0.2) is 0 Å². The second-order valence-electron chi connectivity index (χ2n) is 6.73. The molecule has 0 aliphatic heterocycles. The Bertz CT molecular complexity index is 1020. The molecular weight excluding hydrogens is 352 g/mol. The van der Waals surface area contributed by atoms with Gasteiger partial charge in [0.05, 0.1) is 12.5 Å². The van der Waals surface area contributed by atoms with Gasteiger partial charge in [-0.3, -0.25) is 4.79 Å². The Balaban J connectivity index is 1.79. The van der Waals surface area contributed by atoms with Gasteiger partial charge in [0.15, 0.2) is 0 Å². The summed E-state index contributed by atoms with van der Waals surface area (Å²) >= 11 is 0. The zero-order valence-electron chi connectivity index (χ0n) is 16.3. The number of anilines is 1. The fraction of sp³-hybridized carbons (Fsp3) is 0.286. The number of hydrogen-bond acceptors (Lipinski definition) is 5. The molecule has 7 heteroatoms. The maximum absolute atomic E-state index is 12.9. The third-order valence-corrected chi connectivity index (χ3v) is 4.59. The summed E-state index contributed by atoms with van der Waals surface area (Å²) in [7, 11) is 0. The van der Waals surface area contributed by atoms with Gasteiger partial charge in [0, 0.05) is 17.8 Å². The van der Waals surface area contributed by atoms with Crippen molar-refractivity contribution in [2.45, 2.75) is 33.7 Å². The Morgan fingerprint density at radius 2 is 1.86 bits per heavy atom. The second-order valence-corrected chi connectivity index (χ2v) is 6.73. The van der Waals surface area contributed by atoms with Crippen LogP contribution in [0.3, 0.4) is 0 Å². The van der Waals surface area contributed by atoms with Crippen LogP contribution in [0.4, 0.5) is 5.69 Å². The molecule has 0 aliphatic rings. The molecule has 0 N–H and O–H groups in total. The molecule has 2 aromatic carbocycles. The molecule has 0 fully saturated rings. The van der Waals surface area contributed by atoms with Crippen molar-refractivity contribution in [2.24, 2.45) is 0 Å². The standard InChI is InChI=1S/C21H22N6O/c1-15-5-8-18(9-6-15)21-23-25-27(24-21)14-20(28)26(12-4-11-22)19-10-7-16(2)17(3)13-19/h5-10,13H,4,12,14H2,1-3H3.